The first-order valence-electron chi connectivity index (χ1n) is 9.96. The smallest absolute Gasteiger partial charge is 0.234 e. The molecule has 1 aliphatic heterocycles. The third-order valence-corrected chi connectivity index (χ3v) is 5.32. The molecule has 2 amide bonds. The molecule has 2 atom stereocenters. The van der Waals surface area contributed by atoms with Gasteiger partial charge in [0.2, 0.25) is 11.8 Å². The molecule has 2 N–H and O–H groups in total. The maximum Gasteiger partial charge on any atom is 0.234 e. The highest BCUT2D eigenvalue weighted by Gasteiger charge is 2.27. The maximum absolute atomic E-state index is 12.6. The highest BCUT2D eigenvalue weighted by atomic mass is 16.2. The molecular formula is C23H29N3O2. The molecule has 1 fully saturated rings. The Morgan fingerprint density at radius 1 is 1.11 bits per heavy atom. The molecule has 1 saturated heterocycles. The zero-order valence-corrected chi connectivity index (χ0v) is 16.7. The van der Waals surface area contributed by atoms with Crippen molar-refractivity contribution in [3.05, 3.63) is 65.7 Å². The predicted octanol–water partition coefficient (Wildman–Crippen LogP) is 3.52. The summed E-state index contributed by atoms with van der Waals surface area (Å²) in [4.78, 5) is 27.2. The number of benzene rings is 2. The number of anilines is 1. The Labute approximate surface area is 167 Å². The van der Waals surface area contributed by atoms with E-state index in [0.717, 1.165) is 30.6 Å². The normalized spacial score (nSPS) is 18.3. The van der Waals surface area contributed by atoms with Crippen LogP contribution in [0.1, 0.15) is 36.9 Å². The number of likely N-dealkylation sites (tertiary alicyclic amines) is 1. The molecule has 28 heavy (non-hydrogen) atoms. The Hall–Kier alpha value is -2.66. The molecule has 1 aliphatic rings. The highest BCUT2D eigenvalue weighted by Crippen LogP contribution is 2.20. The van der Waals surface area contributed by atoms with Crippen molar-refractivity contribution < 1.29 is 9.59 Å². The first-order valence-corrected chi connectivity index (χ1v) is 9.96. The molecule has 5 nitrogen and oxygen atoms in total. The van der Waals surface area contributed by atoms with E-state index in [1.807, 2.05) is 55.5 Å². The van der Waals surface area contributed by atoms with Crippen molar-refractivity contribution in [2.45, 2.75) is 32.7 Å². The fraction of sp³-hybridized carbons (Fsp3) is 0.391. The number of para-hydroxylation sites is 1. The number of hydrogen-bond acceptors (Lipinski definition) is 3. The molecule has 0 unspecified atom stereocenters. The van der Waals surface area contributed by atoms with Crippen LogP contribution >= 0.6 is 0 Å². The average Bonchev–Trinajstić information content (AvgIpc) is 2.69. The molecule has 0 aliphatic carbocycles. The Morgan fingerprint density at radius 2 is 1.82 bits per heavy atom. The van der Waals surface area contributed by atoms with E-state index in [1.54, 1.807) is 0 Å². The van der Waals surface area contributed by atoms with Crippen molar-refractivity contribution >= 4 is 17.5 Å². The highest BCUT2D eigenvalue weighted by molar-refractivity contribution is 5.92. The number of hydrogen-bond donors (Lipinski definition) is 2. The van der Waals surface area contributed by atoms with Gasteiger partial charge in [-0.25, -0.2) is 0 Å². The summed E-state index contributed by atoms with van der Waals surface area (Å²) < 4.78 is 0. The zero-order chi connectivity index (χ0) is 19.9. The van der Waals surface area contributed by atoms with E-state index in [4.69, 9.17) is 0 Å². The van der Waals surface area contributed by atoms with Crippen molar-refractivity contribution in [2.75, 3.05) is 25.0 Å². The van der Waals surface area contributed by atoms with Crippen LogP contribution in [-0.4, -0.2) is 36.3 Å². The van der Waals surface area contributed by atoms with Gasteiger partial charge < -0.3 is 10.6 Å². The summed E-state index contributed by atoms with van der Waals surface area (Å²) in [6.07, 6.45) is 1.78. The fourth-order valence-corrected chi connectivity index (χ4v) is 3.82. The number of nitrogens with one attached hydrogen (secondary N) is 2. The molecule has 0 aromatic heterocycles. The number of aryl methyl sites for hydroxylation is 1. The Bertz CT molecular complexity index is 807. The quantitative estimate of drug-likeness (QED) is 0.807. The molecule has 2 aromatic carbocycles. The van der Waals surface area contributed by atoms with Crippen LogP contribution < -0.4 is 10.6 Å². The molecule has 3 rings (SSSR count). The van der Waals surface area contributed by atoms with Gasteiger partial charge in [0, 0.05) is 12.2 Å². The summed E-state index contributed by atoms with van der Waals surface area (Å²) in [6, 6.07) is 17.6. The second-order valence-corrected chi connectivity index (χ2v) is 7.58. The molecule has 0 spiro atoms. The van der Waals surface area contributed by atoms with Crippen LogP contribution in [0.25, 0.3) is 0 Å². The number of nitrogens with zero attached hydrogens (tertiary/aromatic N) is 1. The van der Waals surface area contributed by atoms with Crippen molar-refractivity contribution in [3.63, 3.8) is 0 Å². The van der Waals surface area contributed by atoms with Gasteiger partial charge in [-0.2, -0.15) is 0 Å². The SMILES string of the molecule is Cc1ccccc1[C@H](C)NC(=O)CN1CCC[C@H](C(=O)Nc2ccccc2)C1. The minimum absolute atomic E-state index is 0.000120. The molecule has 148 valence electrons. The van der Waals surface area contributed by atoms with E-state index in [9.17, 15) is 9.59 Å². The van der Waals surface area contributed by atoms with E-state index >= 15 is 0 Å². The van der Waals surface area contributed by atoms with Crippen LogP contribution in [0.3, 0.4) is 0 Å². The lowest BCUT2D eigenvalue weighted by Crippen LogP contribution is -2.45. The van der Waals surface area contributed by atoms with E-state index in [2.05, 4.69) is 28.5 Å². The molecule has 2 aromatic rings. The molecule has 0 saturated carbocycles. The van der Waals surface area contributed by atoms with E-state index in [-0.39, 0.29) is 23.8 Å². The third-order valence-electron chi connectivity index (χ3n) is 5.32. The summed E-state index contributed by atoms with van der Waals surface area (Å²) >= 11 is 0. The molecular weight excluding hydrogens is 350 g/mol. The number of rotatable bonds is 6. The second kappa shape index (κ2) is 9.51. The van der Waals surface area contributed by atoms with Gasteiger partial charge in [-0.05, 0) is 56.5 Å². The van der Waals surface area contributed by atoms with E-state index in [1.165, 1.54) is 5.56 Å². The van der Waals surface area contributed by atoms with Crippen LogP contribution in [0.2, 0.25) is 0 Å². The molecule has 0 radical (unpaired) electrons. The summed E-state index contributed by atoms with van der Waals surface area (Å²) in [7, 11) is 0. The summed E-state index contributed by atoms with van der Waals surface area (Å²) in [5.41, 5.74) is 3.12. The van der Waals surface area contributed by atoms with Crippen molar-refractivity contribution in [1.82, 2.24) is 10.2 Å². The van der Waals surface area contributed by atoms with Gasteiger partial charge in [0.05, 0.1) is 18.5 Å². The first-order chi connectivity index (χ1) is 13.5. The minimum Gasteiger partial charge on any atom is -0.348 e. The van der Waals surface area contributed by atoms with Gasteiger partial charge in [-0.3, -0.25) is 14.5 Å². The zero-order valence-electron chi connectivity index (χ0n) is 16.7. The topological polar surface area (TPSA) is 61.4 Å². The van der Waals surface area contributed by atoms with Crippen LogP contribution in [0, 0.1) is 12.8 Å². The van der Waals surface area contributed by atoms with E-state index in [0.29, 0.717) is 13.1 Å². The fourth-order valence-electron chi connectivity index (χ4n) is 3.82. The van der Waals surface area contributed by atoms with E-state index < -0.39 is 0 Å². The van der Waals surface area contributed by atoms with Gasteiger partial charge in [0.15, 0.2) is 0 Å². The summed E-state index contributed by atoms with van der Waals surface area (Å²) in [5.74, 6) is -0.0556. The lowest BCUT2D eigenvalue weighted by atomic mass is 9.97. The Kier molecular flexibility index (Phi) is 6.82. The number of carbonyl (C=O) groups is 2. The summed E-state index contributed by atoms with van der Waals surface area (Å²) in [5, 5.41) is 6.07. The minimum atomic E-state index is -0.0875. The lowest BCUT2D eigenvalue weighted by Gasteiger charge is -2.31. The molecule has 1 heterocycles. The second-order valence-electron chi connectivity index (χ2n) is 7.58. The Balaban J connectivity index is 1.51. The van der Waals surface area contributed by atoms with Crippen molar-refractivity contribution in [2.24, 2.45) is 5.92 Å². The average molecular weight is 380 g/mol. The van der Waals surface area contributed by atoms with Gasteiger partial charge in [-0.15, -0.1) is 0 Å². The Morgan fingerprint density at radius 3 is 2.57 bits per heavy atom. The third kappa shape index (κ3) is 5.42. The number of piperidine rings is 1. The predicted molar refractivity (Wildman–Crippen MR) is 112 cm³/mol. The van der Waals surface area contributed by atoms with Gasteiger partial charge in [0.25, 0.3) is 0 Å². The molecule has 5 heteroatoms. The van der Waals surface area contributed by atoms with Crippen LogP contribution in [-0.2, 0) is 9.59 Å². The van der Waals surface area contributed by atoms with Gasteiger partial charge >= 0.3 is 0 Å². The van der Waals surface area contributed by atoms with Crippen LogP contribution in [0.15, 0.2) is 54.6 Å². The van der Waals surface area contributed by atoms with Crippen molar-refractivity contribution in [3.8, 4) is 0 Å². The van der Waals surface area contributed by atoms with Crippen LogP contribution in [0.5, 0.6) is 0 Å². The van der Waals surface area contributed by atoms with Gasteiger partial charge in [0.1, 0.15) is 0 Å². The van der Waals surface area contributed by atoms with Gasteiger partial charge in [-0.1, -0.05) is 42.5 Å². The number of carbonyl (C=O) groups excluding carboxylic acids is 2. The first kappa shape index (κ1) is 20.1. The van der Waals surface area contributed by atoms with Crippen molar-refractivity contribution in [1.29, 1.82) is 0 Å². The largest absolute Gasteiger partial charge is 0.348 e. The number of amides is 2. The van der Waals surface area contributed by atoms with Crippen LogP contribution in [0.4, 0.5) is 5.69 Å². The lowest BCUT2D eigenvalue weighted by molar-refractivity contribution is -0.126. The maximum atomic E-state index is 12.6. The summed E-state index contributed by atoms with van der Waals surface area (Å²) in [6.45, 7) is 5.85. The monoisotopic (exact) mass is 379 g/mol. The molecule has 0 bridgehead atoms. The standard InChI is InChI=1S/C23H29N3O2/c1-17-9-6-7-13-21(17)18(2)24-22(27)16-26-14-8-10-19(15-26)23(28)25-20-11-4-3-5-12-20/h3-7,9,11-13,18-19H,8,10,14-16H2,1-2H3,(H,24,27)(H,25,28)/t18-,19-/m0/s1.